The lowest BCUT2D eigenvalue weighted by molar-refractivity contribution is 0.183. The van der Waals surface area contributed by atoms with Crippen molar-refractivity contribution in [2.75, 3.05) is 33.3 Å². The van der Waals surface area contributed by atoms with Gasteiger partial charge in [-0.1, -0.05) is 30.3 Å². The molecule has 0 bridgehead atoms. The van der Waals surface area contributed by atoms with Crippen molar-refractivity contribution in [2.24, 2.45) is 10.9 Å². The van der Waals surface area contributed by atoms with Crippen LogP contribution in [0.15, 0.2) is 65.2 Å². The molecule has 0 unspecified atom stereocenters. The summed E-state index contributed by atoms with van der Waals surface area (Å²) >= 11 is 0. The second kappa shape index (κ2) is 10.5. The fourth-order valence-corrected chi connectivity index (χ4v) is 6.20. The molecular weight excluding hydrogens is 434 g/mol. The Labute approximate surface area is 197 Å². The van der Waals surface area contributed by atoms with Crippen molar-refractivity contribution in [1.82, 2.24) is 9.62 Å². The number of nitrogens with zero attached hydrogens (tertiary/aromatic N) is 2. The number of piperidine rings is 1. The average molecular weight is 468 g/mol. The zero-order chi connectivity index (χ0) is 23.3. The first kappa shape index (κ1) is 23.5. The Morgan fingerprint density at radius 1 is 1.06 bits per heavy atom. The van der Waals surface area contributed by atoms with Crippen LogP contribution < -0.4 is 9.46 Å². The maximum atomic E-state index is 12.7. The molecule has 0 spiro atoms. The van der Waals surface area contributed by atoms with Gasteiger partial charge in [0.25, 0.3) is 10.0 Å². The Hall–Kier alpha value is -2.64. The standard InChI is InChI=1S/C26H33N3O3S/c1-20-25(23-9-11-24(32-2)12-10-23)33(30,31)28-26(20)27-15-6-16-29-17-13-22(14-18-29)19-21-7-4-3-5-8-21/h3-5,7-12,22H,6,13-19H2,1-2H3,(H,27,28). The van der Waals surface area contributed by atoms with Gasteiger partial charge in [0, 0.05) is 12.1 Å². The number of ether oxygens (including phenoxy) is 1. The summed E-state index contributed by atoms with van der Waals surface area (Å²) in [6, 6.07) is 17.8. The van der Waals surface area contributed by atoms with Crippen LogP contribution in [0.4, 0.5) is 0 Å². The first-order valence-electron chi connectivity index (χ1n) is 11.7. The smallest absolute Gasteiger partial charge is 0.264 e. The summed E-state index contributed by atoms with van der Waals surface area (Å²) in [5.41, 5.74) is 2.74. The van der Waals surface area contributed by atoms with Gasteiger partial charge in [-0.3, -0.25) is 9.71 Å². The van der Waals surface area contributed by atoms with Crippen molar-refractivity contribution in [3.8, 4) is 5.75 Å². The van der Waals surface area contributed by atoms with E-state index >= 15 is 0 Å². The number of hydrogen-bond acceptors (Lipinski definition) is 5. The second-order valence-electron chi connectivity index (χ2n) is 8.85. The van der Waals surface area contributed by atoms with E-state index in [9.17, 15) is 8.42 Å². The van der Waals surface area contributed by atoms with Crippen LogP contribution in [-0.4, -0.2) is 52.4 Å². The minimum absolute atomic E-state index is 0.296. The number of amidine groups is 1. The Kier molecular flexibility index (Phi) is 7.50. The summed E-state index contributed by atoms with van der Waals surface area (Å²) in [5.74, 6) is 1.92. The Bertz CT molecular complexity index is 1100. The molecule has 2 aliphatic heterocycles. The lowest BCUT2D eigenvalue weighted by Gasteiger charge is -2.31. The SMILES string of the molecule is COc1ccc(C2=C(C)C(=NCCCN3CCC(Cc4ccccc4)CC3)NS2(=O)=O)cc1. The van der Waals surface area contributed by atoms with E-state index in [0.717, 1.165) is 32.0 Å². The predicted molar refractivity (Wildman–Crippen MR) is 134 cm³/mol. The molecule has 33 heavy (non-hydrogen) atoms. The van der Waals surface area contributed by atoms with Gasteiger partial charge in [0.1, 0.15) is 16.5 Å². The molecule has 2 aliphatic rings. The highest BCUT2D eigenvalue weighted by atomic mass is 32.2. The molecule has 2 heterocycles. The molecular formula is C26H33N3O3S. The number of methoxy groups -OCH3 is 1. The van der Waals surface area contributed by atoms with Gasteiger partial charge in [-0.2, -0.15) is 0 Å². The predicted octanol–water partition coefficient (Wildman–Crippen LogP) is 4.10. The minimum atomic E-state index is -3.60. The number of benzene rings is 2. The molecule has 2 aromatic carbocycles. The van der Waals surface area contributed by atoms with E-state index < -0.39 is 10.0 Å². The Morgan fingerprint density at radius 3 is 2.42 bits per heavy atom. The van der Waals surface area contributed by atoms with Gasteiger partial charge in [-0.15, -0.1) is 0 Å². The van der Waals surface area contributed by atoms with Crippen molar-refractivity contribution in [3.05, 3.63) is 71.3 Å². The van der Waals surface area contributed by atoms with E-state index in [1.807, 2.05) is 6.92 Å². The van der Waals surface area contributed by atoms with Gasteiger partial charge >= 0.3 is 0 Å². The highest BCUT2D eigenvalue weighted by molar-refractivity contribution is 8.00. The molecule has 0 radical (unpaired) electrons. The molecule has 0 amide bonds. The van der Waals surface area contributed by atoms with Crippen molar-refractivity contribution >= 4 is 20.8 Å². The largest absolute Gasteiger partial charge is 0.497 e. The first-order chi connectivity index (χ1) is 16.0. The lowest BCUT2D eigenvalue weighted by Crippen LogP contribution is -2.35. The van der Waals surface area contributed by atoms with Gasteiger partial charge in [0.05, 0.1) is 7.11 Å². The summed E-state index contributed by atoms with van der Waals surface area (Å²) in [7, 11) is -2.01. The van der Waals surface area contributed by atoms with Crippen LogP contribution >= 0.6 is 0 Å². The lowest BCUT2D eigenvalue weighted by atomic mass is 9.90. The van der Waals surface area contributed by atoms with Gasteiger partial charge in [-0.05, 0) is 93.6 Å². The topological polar surface area (TPSA) is 71.0 Å². The molecule has 2 aromatic rings. The van der Waals surface area contributed by atoms with Crippen LogP contribution in [0.1, 0.15) is 37.3 Å². The van der Waals surface area contributed by atoms with Gasteiger partial charge in [0.2, 0.25) is 0 Å². The van der Waals surface area contributed by atoms with Gasteiger partial charge in [0.15, 0.2) is 0 Å². The fourth-order valence-electron chi connectivity index (χ4n) is 4.68. The van der Waals surface area contributed by atoms with Gasteiger partial charge < -0.3 is 9.64 Å². The van der Waals surface area contributed by atoms with E-state index in [-0.39, 0.29) is 0 Å². The summed E-state index contributed by atoms with van der Waals surface area (Å²) in [5, 5.41) is 0. The number of aliphatic imine (C=N–C) groups is 1. The number of hydrogen-bond donors (Lipinski definition) is 1. The quantitative estimate of drug-likeness (QED) is 0.594. The maximum absolute atomic E-state index is 12.7. The molecule has 6 nitrogen and oxygen atoms in total. The summed E-state index contributed by atoms with van der Waals surface area (Å²) in [6.07, 6.45) is 4.55. The monoisotopic (exact) mass is 467 g/mol. The van der Waals surface area contributed by atoms with E-state index in [2.05, 4.69) is 44.9 Å². The number of nitrogens with one attached hydrogen (secondary N) is 1. The Balaban J connectivity index is 1.28. The molecule has 1 fully saturated rings. The van der Waals surface area contributed by atoms with Crippen LogP contribution in [0.2, 0.25) is 0 Å². The zero-order valence-electron chi connectivity index (χ0n) is 19.5. The number of rotatable bonds is 8. The average Bonchev–Trinajstić information content (AvgIpc) is 3.06. The van der Waals surface area contributed by atoms with Crippen molar-refractivity contribution in [1.29, 1.82) is 0 Å². The highest BCUT2D eigenvalue weighted by Crippen LogP contribution is 2.30. The highest BCUT2D eigenvalue weighted by Gasteiger charge is 2.32. The normalized spacial score (nSPS) is 20.2. The van der Waals surface area contributed by atoms with E-state index in [1.54, 1.807) is 31.4 Å². The van der Waals surface area contributed by atoms with Crippen LogP contribution in [-0.2, 0) is 16.4 Å². The molecule has 176 valence electrons. The third kappa shape index (κ3) is 5.84. The number of sulfonamides is 1. The first-order valence-corrected chi connectivity index (χ1v) is 13.1. The van der Waals surface area contributed by atoms with Crippen LogP contribution in [0.5, 0.6) is 5.75 Å². The third-order valence-corrected chi connectivity index (χ3v) is 8.07. The number of likely N-dealkylation sites (tertiary alicyclic amines) is 1. The molecule has 7 heteroatoms. The van der Waals surface area contributed by atoms with Crippen molar-refractivity contribution < 1.29 is 13.2 Å². The summed E-state index contributed by atoms with van der Waals surface area (Å²) in [4.78, 5) is 7.38. The zero-order valence-corrected chi connectivity index (χ0v) is 20.3. The van der Waals surface area contributed by atoms with E-state index in [4.69, 9.17) is 4.74 Å². The van der Waals surface area contributed by atoms with Crippen LogP contribution in [0.25, 0.3) is 4.91 Å². The van der Waals surface area contributed by atoms with Crippen molar-refractivity contribution in [3.63, 3.8) is 0 Å². The molecule has 0 aromatic heterocycles. The molecule has 0 aliphatic carbocycles. The molecule has 1 N–H and O–H groups in total. The van der Waals surface area contributed by atoms with E-state index in [1.165, 1.54) is 24.8 Å². The molecule has 1 saturated heterocycles. The third-order valence-electron chi connectivity index (χ3n) is 6.52. The van der Waals surface area contributed by atoms with Crippen LogP contribution in [0.3, 0.4) is 0 Å². The Morgan fingerprint density at radius 2 is 1.76 bits per heavy atom. The molecule has 4 rings (SSSR count). The summed E-state index contributed by atoms with van der Waals surface area (Å²) < 4.78 is 33.2. The second-order valence-corrected chi connectivity index (χ2v) is 10.5. The molecule has 0 atom stereocenters. The van der Waals surface area contributed by atoms with Crippen LogP contribution in [0, 0.1) is 5.92 Å². The van der Waals surface area contributed by atoms with Gasteiger partial charge in [-0.25, -0.2) is 8.42 Å². The summed E-state index contributed by atoms with van der Waals surface area (Å²) in [6.45, 7) is 5.67. The van der Waals surface area contributed by atoms with Crippen molar-refractivity contribution in [2.45, 2.75) is 32.6 Å². The fraction of sp³-hybridized carbons (Fsp3) is 0.423. The van der Waals surface area contributed by atoms with E-state index in [0.29, 0.717) is 34.2 Å². The minimum Gasteiger partial charge on any atom is -0.497 e. The maximum Gasteiger partial charge on any atom is 0.264 e. The molecule has 0 saturated carbocycles.